The molecule has 0 aliphatic carbocycles. The number of carbonyl (C=O) groups excluding carboxylic acids is 1. The topological polar surface area (TPSA) is 71.3 Å². The molecule has 0 aliphatic rings. The quantitative estimate of drug-likeness (QED) is 0.772. The fourth-order valence-corrected chi connectivity index (χ4v) is 2.02. The molecule has 5 nitrogen and oxygen atoms in total. The molecule has 1 rings (SSSR count). The fourth-order valence-electron chi connectivity index (χ4n) is 1.29. The van der Waals surface area contributed by atoms with E-state index in [1.807, 2.05) is 6.92 Å². The van der Waals surface area contributed by atoms with Crippen LogP contribution < -0.4 is 10.2 Å². The molecule has 0 fully saturated rings. The van der Waals surface area contributed by atoms with Crippen molar-refractivity contribution in [1.29, 1.82) is 0 Å². The number of thiazole rings is 1. The zero-order valence-electron chi connectivity index (χ0n) is 9.40. The zero-order valence-corrected chi connectivity index (χ0v) is 10.2. The molecule has 0 saturated heterocycles. The smallest absolute Gasteiger partial charge is 0.307 e. The van der Waals surface area contributed by atoms with Gasteiger partial charge in [-0.25, -0.2) is 0 Å². The lowest BCUT2D eigenvalue weighted by Gasteiger charge is -2.14. The van der Waals surface area contributed by atoms with E-state index in [9.17, 15) is 9.59 Å². The van der Waals surface area contributed by atoms with Crippen molar-refractivity contribution in [1.82, 2.24) is 9.88 Å². The fraction of sp³-hybridized carbons (Fsp3) is 0.600. The van der Waals surface area contributed by atoms with Crippen LogP contribution in [0.2, 0.25) is 0 Å². The Morgan fingerprint density at radius 3 is 2.81 bits per heavy atom. The summed E-state index contributed by atoms with van der Waals surface area (Å²) in [4.78, 5) is 22.8. The molecule has 0 aliphatic heterocycles. The van der Waals surface area contributed by atoms with E-state index in [1.54, 1.807) is 12.3 Å². The standard InChI is InChI=1S/C10H16N2O3S/c1-3-8(5-13)11-9(14)4-12-7(2)6-16-10(12)15/h6,8,13H,3-5H2,1-2H3,(H,11,14)/t8-/m1/s1. The second-order valence-corrected chi connectivity index (χ2v) is 4.41. The number of amides is 1. The third kappa shape index (κ3) is 3.18. The molecule has 6 heteroatoms. The molecule has 0 aromatic carbocycles. The first-order valence-corrected chi connectivity index (χ1v) is 6.01. The van der Waals surface area contributed by atoms with Gasteiger partial charge in [0.25, 0.3) is 0 Å². The lowest BCUT2D eigenvalue weighted by atomic mass is 10.2. The van der Waals surface area contributed by atoms with Crippen LogP contribution in [0.1, 0.15) is 19.0 Å². The van der Waals surface area contributed by atoms with Crippen LogP contribution in [0.3, 0.4) is 0 Å². The number of hydrogen-bond donors (Lipinski definition) is 2. The number of nitrogens with one attached hydrogen (secondary N) is 1. The van der Waals surface area contributed by atoms with Crippen LogP contribution in [-0.2, 0) is 11.3 Å². The molecular formula is C10H16N2O3S. The Morgan fingerprint density at radius 1 is 1.69 bits per heavy atom. The predicted molar refractivity (Wildman–Crippen MR) is 62.6 cm³/mol. The molecule has 1 atom stereocenters. The number of carbonyl (C=O) groups is 1. The van der Waals surface area contributed by atoms with Gasteiger partial charge in [-0.1, -0.05) is 18.3 Å². The minimum Gasteiger partial charge on any atom is -0.394 e. The summed E-state index contributed by atoms with van der Waals surface area (Å²) in [5.41, 5.74) is 0.780. The molecule has 1 heterocycles. The summed E-state index contributed by atoms with van der Waals surface area (Å²) in [5.74, 6) is -0.246. The highest BCUT2D eigenvalue weighted by molar-refractivity contribution is 7.07. The molecule has 0 saturated carbocycles. The van der Waals surface area contributed by atoms with E-state index < -0.39 is 0 Å². The average molecular weight is 244 g/mol. The summed E-state index contributed by atoms with van der Waals surface area (Å²) in [6.07, 6.45) is 0.666. The normalized spacial score (nSPS) is 12.4. The molecule has 1 aromatic heterocycles. The average Bonchev–Trinajstić information content (AvgIpc) is 2.57. The van der Waals surface area contributed by atoms with Crippen molar-refractivity contribution in [2.45, 2.75) is 32.9 Å². The Hall–Kier alpha value is -1.14. The lowest BCUT2D eigenvalue weighted by Crippen LogP contribution is -2.40. The van der Waals surface area contributed by atoms with Gasteiger partial charge in [0.15, 0.2) is 0 Å². The van der Waals surface area contributed by atoms with Gasteiger partial charge in [-0.3, -0.25) is 14.2 Å². The molecule has 1 amide bonds. The number of hydrogen-bond acceptors (Lipinski definition) is 4. The molecular weight excluding hydrogens is 228 g/mol. The number of nitrogens with zero attached hydrogens (tertiary/aromatic N) is 1. The first kappa shape index (κ1) is 12.9. The van der Waals surface area contributed by atoms with Crippen LogP contribution in [0, 0.1) is 6.92 Å². The van der Waals surface area contributed by atoms with Gasteiger partial charge < -0.3 is 10.4 Å². The molecule has 0 spiro atoms. The molecule has 0 radical (unpaired) electrons. The third-order valence-electron chi connectivity index (χ3n) is 2.36. The van der Waals surface area contributed by atoms with Crippen LogP contribution in [-0.4, -0.2) is 28.2 Å². The SMILES string of the molecule is CC[C@H](CO)NC(=O)Cn1c(C)csc1=O. The summed E-state index contributed by atoms with van der Waals surface area (Å²) in [6.45, 7) is 3.60. The van der Waals surface area contributed by atoms with Crippen LogP contribution in [0.4, 0.5) is 0 Å². The summed E-state index contributed by atoms with van der Waals surface area (Å²) < 4.78 is 1.42. The van der Waals surface area contributed by atoms with Gasteiger partial charge in [0.2, 0.25) is 5.91 Å². The van der Waals surface area contributed by atoms with Crippen LogP contribution in [0.15, 0.2) is 10.2 Å². The van der Waals surface area contributed by atoms with E-state index >= 15 is 0 Å². The Balaban J connectivity index is 2.61. The number of rotatable bonds is 5. The summed E-state index contributed by atoms with van der Waals surface area (Å²) in [7, 11) is 0. The molecule has 0 bridgehead atoms. The van der Waals surface area contributed by atoms with Crippen molar-refractivity contribution in [2.75, 3.05) is 6.61 Å². The Bertz CT molecular complexity index is 406. The van der Waals surface area contributed by atoms with E-state index in [0.29, 0.717) is 6.42 Å². The largest absolute Gasteiger partial charge is 0.394 e. The van der Waals surface area contributed by atoms with Gasteiger partial charge in [0.05, 0.1) is 12.6 Å². The first-order chi connectivity index (χ1) is 7.58. The Morgan fingerprint density at radius 2 is 2.38 bits per heavy atom. The van der Waals surface area contributed by atoms with Crippen molar-refractivity contribution in [2.24, 2.45) is 0 Å². The van der Waals surface area contributed by atoms with E-state index in [0.717, 1.165) is 17.0 Å². The Kier molecular flexibility index (Phi) is 4.70. The van der Waals surface area contributed by atoms with E-state index in [2.05, 4.69) is 5.32 Å². The van der Waals surface area contributed by atoms with Gasteiger partial charge in [0, 0.05) is 11.1 Å². The van der Waals surface area contributed by atoms with Gasteiger partial charge in [-0.05, 0) is 13.3 Å². The van der Waals surface area contributed by atoms with Gasteiger partial charge in [0.1, 0.15) is 6.54 Å². The Labute approximate surface area is 97.7 Å². The minimum absolute atomic E-state index is 0.0185. The summed E-state index contributed by atoms with van der Waals surface area (Å²) in [6, 6.07) is -0.234. The third-order valence-corrected chi connectivity index (χ3v) is 3.24. The van der Waals surface area contributed by atoms with Crippen molar-refractivity contribution in [3.8, 4) is 0 Å². The molecule has 0 unspecified atom stereocenters. The minimum atomic E-state index is -0.246. The van der Waals surface area contributed by atoms with Crippen molar-refractivity contribution in [3.63, 3.8) is 0 Å². The number of aryl methyl sites for hydroxylation is 1. The van der Waals surface area contributed by atoms with E-state index in [1.165, 1.54) is 4.57 Å². The van der Waals surface area contributed by atoms with Crippen molar-refractivity contribution >= 4 is 17.2 Å². The number of aromatic nitrogens is 1. The summed E-state index contributed by atoms with van der Waals surface area (Å²) in [5, 5.41) is 13.3. The maximum atomic E-state index is 11.6. The van der Waals surface area contributed by atoms with Crippen LogP contribution in [0.25, 0.3) is 0 Å². The highest BCUT2D eigenvalue weighted by Gasteiger charge is 2.11. The highest BCUT2D eigenvalue weighted by Crippen LogP contribution is 1.99. The van der Waals surface area contributed by atoms with Crippen LogP contribution in [0.5, 0.6) is 0 Å². The maximum absolute atomic E-state index is 11.6. The predicted octanol–water partition coefficient (Wildman–Crippen LogP) is 0.105. The van der Waals surface area contributed by atoms with Gasteiger partial charge in [-0.15, -0.1) is 0 Å². The van der Waals surface area contributed by atoms with Gasteiger partial charge >= 0.3 is 4.87 Å². The monoisotopic (exact) mass is 244 g/mol. The lowest BCUT2D eigenvalue weighted by molar-refractivity contribution is -0.122. The summed E-state index contributed by atoms with van der Waals surface area (Å²) >= 11 is 1.08. The molecule has 2 N–H and O–H groups in total. The molecule has 1 aromatic rings. The maximum Gasteiger partial charge on any atom is 0.307 e. The van der Waals surface area contributed by atoms with Gasteiger partial charge in [-0.2, -0.15) is 0 Å². The number of aliphatic hydroxyl groups is 1. The second-order valence-electron chi connectivity index (χ2n) is 3.58. The first-order valence-electron chi connectivity index (χ1n) is 5.13. The van der Waals surface area contributed by atoms with Crippen molar-refractivity contribution in [3.05, 3.63) is 20.7 Å². The second kappa shape index (κ2) is 5.81. The molecule has 16 heavy (non-hydrogen) atoms. The highest BCUT2D eigenvalue weighted by atomic mass is 32.1. The van der Waals surface area contributed by atoms with Crippen LogP contribution >= 0.6 is 11.3 Å². The van der Waals surface area contributed by atoms with E-state index in [-0.39, 0.29) is 30.0 Å². The van der Waals surface area contributed by atoms with E-state index in [4.69, 9.17) is 5.11 Å². The zero-order chi connectivity index (χ0) is 12.1. The number of aliphatic hydroxyl groups excluding tert-OH is 1. The van der Waals surface area contributed by atoms with Crippen molar-refractivity contribution < 1.29 is 9.90 Å². The molecule has 90 valence electrons.